The quantitative estimate of drug-likeness (QED) is 0.185. The van der Waals surface area contributed by atoms with Gasteiger partial charge in [-0.25, -0.2) is 4.79 Å². The predicted octanol–water partition coefficient (Wildman–Crippen LogP) is 0.924. The maximum absolute atomic E-state index is 12.8. The number of carbonyl (C=O) groups excluding carboxylic acids is 3. The smallest absolute Gasteiger partial charge is 0.407 e. The van der Waals surface area contributed by atoms with Crippen LogP contribution >= 0.6 is 0 Å². The van der Waals surface area contributed by atoms with Crippen LogP contribution in [-0.2, 0) is 23.8 Å². The summed E-state index contributed by atoms with van der Waals surface area (Å²) in [6, 6.07) is 15.0. The summed E-state index contributed by atoms with van der Waals surface area (Å²) in [4.78, 5) is 37.8. The van der Waals surface area contributed by atoms with Gasteiger partial charge in [-0.1, -0.05) is 48.5 Å². The second-order valence-electron chi connectivity index (χ2n) is 8.87. The van der Waals surface area contributed by atoms with Gasteiger partial charge in [-0.2, -0.15) is 0 Å². The highest BCUT2D eigenvalue weighted by molar-refractivity contribution is 5.86. The molecule has 2 aromatic carbocycles. The van der Waals surface area contributed by atoms with Crippen LogP contribution < -0.4 is 16.0 Å². The first-order valence-electron chi connectivity index (χ1n) is 13.1. The minimum Gasteiger partial charge on any atom is -0.449 e. The van der Waals surface area contributed by atoms with Gasteiger partial charge in [-0.05, 0) is 28.7 Å². The molecular weight excluding hydrogens is 506 g/mol. The average Bonchev–Trinajstić information content (AvgIpc) is 3.27. The van der Waals surface area contributed by atoms with Crippen LogP contribution in [-0.4, -0.2) is 93.5 Å². The Bertz CT molecular complexity index is 1030. The summed E-state index contributed by atoms with van der Waals surface area (Å²) in [5.41, 5.74) is 4.36. The molecule has 0 radical (unpaired) electrons. The number of nitrogens with one attached hydrogen (secondary N) is 3. The summed E-state index contributed by atoms with van der Waals surface area (Å²) in [5.74, 6) is -0.908. The molecule has 5 N–H and O–H groups in total. The van der Waals surface area contributed by atoms with E-state index in [9.17, 15) is 14.4 Å². The van der Waals surface area contributed by atoms with Gasteiger partial charge >= 0.3 is 6.09 Å². The first-order chi connectivity index (χ1) is 19.0. The molecule has 1 aliphatic carbocycles. The Labute approximate surface area is 227 Å². The standard InChI is InChI=1S/C28H37N3O8/c32-13-17-37-15-11-29-26(34)10-9-25(27(35)30-12-16-38-18-14-33)31-28(36)39-19-24-22-7-3-1-5-20(22)21-6-2-4-8-23(21)24/h1-8,24-25,32-33H,9-19H2,(H,29,34)(H,30,35)(H,31,36). The number of hydrogen-bond donors (Lipinski definition) is 5. The van der Waals surface area contributed by atoms with Crippen molar-refractivity contribution in [3.05, 3.63) is 59.7 Å². The van der Waals surface area contributed by atoms with E-state index in [1.165, 1.54) is 0 Å². The zero-order chi connectivity index (χ0) is 27.9. The highest BCUT2D eigenvalue weighted by Crippen LogP contribution is 2.44. The van der Waals surface area contributed by atoms with Gasteiger partial charge in [0.15, 0.2) is 0 Å². The van der Waals surface area contributed by atoms with E-state index in [1.807, 2.05) is 48.5 Å². The van der Waals surface area contributed by atoms with E-state index >= 15 is 0 Å². The van der Waals surface area contributed by atoms with Crippen LogP contribution in [0.3, 0.4) is 0 Å². The number of aliphatic hydroxyl groups is 2. The summed E-state index contributed by atoms with van der Waals surface area (Å²) < 4.78 is 15.8. The normalized spacial score (nSPS) is 12.8. The third-order valence-corrected chi connectivity index (χ3v) is 6.20. The summed E-state index contributed by atoms with van der Waals surface area (Å²) in [7, 11) is 0. The highest BCUT2D eigenvalue weighted by Gasteiger charge is 2.30. The lowest BCUT2D eigenvalue weighted by atomic mass is 9.98. The molecule has 2 aromatic rings. The van der Waals surface area contributed by atoms with E-state index in [0.717, 1.165) is 22.3 Å². The van der Waals surface area contributed by atoms with E-state index in [-0.39, 0.29) is 84.0 Å². The molecule has 1 atom stereocenters. The molecule has 1 unspecified atom stereocenters. The predicted molar refractivity (Wildman–Crippen MR) is 143 cm³/mol. The van der Waals surface area contributed by atoms with E-state index in [4.69, 9.17) is 24.4 Å². The molecule has 0 heterocycles. The largest absolute Gasteiger partial charge is 0.449 e. The Morgan fingerprint density at radius 1 is 0.795 bits per heavy atom. The number of alkyl carbamates (subject to hydrolysis) is 1. The van der Waals surface area contributed by atoms with Crippen LogP contribution in [0.15, 0.2) is 48.5 Å². The van der Waals surface area contributed by atoms with E-state index < -0.39 is 18.0 Å². The number of ether oxygens (including phenoxy) is 3. The fraction of sp³-hybridized carbons (Fsp3) is 0.464. The van der Waals surface area contributed by atoms with Crippen molar-refractivity contribution >= 4 is 17.9 Å². The Hall–Kier alpha value is -3.51. The zero-order valence-corrected chi connectivity index (χ0v) is 21.9. The monoisotopic (exact) mass is 543 g/mol. The van der Waals surface area contributed by atoms with Gasteiger partial charge in [0.05, 0.1) is 39.6 Å². The minimum atomic E-state index is -1.00. The van der Waals surface area contributed by atoms with Gasteiger partial charge in [0.1, 0.15) is 12.6 Å². The Balaban J connectivity index is 1.54. The van der Waals surface area contributed by atoms with Crippen LogP contribution in [0.2, 0.25) is 0 Å². The molecule has 11 nitrogen and oxygen atoms in total. The van der Waals surface area contributed by atoms with Gasteiger partial charge in [-0.15, -0.1) is 0 Å². The number of carbonyl (C=O) groups is 3. The molecule has 212 valence electrons. The van der Waals surface area contributed by atoms with Crippen LogP contribution in [0.25, 0.3) is 11.1 Å². The molecule has 11 heteroatoms. The van der Waals surface area contributed by atoms with E-state index in [1.54, 1.807) is 0 Å². The third-order valence-electron chi connectivity index (χ3n) is 6.20. The van der Waals surface area contributed by atoms with Gasteiger partial charge in [0.2, 0.25) is 11.8 Å². The second-order valence-corrected chi connectivity index (χ2v) is 8.87. The maximum atomic E-state index is 12.8. The van der Waals surface area contributed by atoms with Gasteiger partial charge in [0, 0.05) is 25.4 Å². The van der Waals surface area contributed by atoms with Crippen LogP contribution in [0.1, 0.15) is 29.9 Å². The van der Waals surface area contributed by atoms with Crippen LogP contribution in [0, 0.1) is 0 Å². The summed E-state index contributed by atoms with van der Waals surface area (Å²) >= 11 is 0. The van der Waals surface area contributed by atoms with Gasteiger partial charge in [0.25, 0.3) is 0 Å². The minimum absolute atomic E-state index is 0.0112. The molecule has 0 fully saturated rings. The fourth-order valence-corrected chi connectivity index (χ4v) is 4.38. The number of benzene rings is 2. The topological polar surface area (TPSA) is 155 Å². The third kappa shape index (κ3) is 9.32. The lowest BCUT2D eigenvalue weighted by Gasteiger charge is -2.20. The lowest BCUT2D eigenvalue weighted by molar-refractivity contribution is -0.124. The summed E-state index contributed by atoms with van der Waals surface area (Å²) in [6.07, 6.45) is -0.717. The SMILES string of the molecule is O=C(CCC(NC(=O)OCC1c2ccccc2-c2ccccc21)C(=O)NCCOCCO)NCCOCCO. The molecule has 3 amide bonds. The zero-order valence-electron chi connectivity index (χ0n) is 21.9. The molecule has 0 saturated heterocycles. The van der Waals surface area contributed by atoms with Crippen molar-refractivity contribution in [3.63, 3.8) is 0 Å². The van der Waals surface area contributed by atoms with Crippen molar-refractivity contribution in [2.75, 3.05) is 59.3 Å². The lowest BCUT2D eigenvalue weighted by Crippen LogP contribution is -2.48. The first kappa shape index (κ1) is 30.0. The van der Waals surface area contributed by atoms with Crippen LogP contribution in [0.4, 0.5) is 4.79 Å². The molecule has 1 aliphatic rings. The number of aliphatic hydroxyl groups excluding tert-OH is 2. The molecule has 0 saturated carbocycles. The fourth-order valence-electron chi connectivity index (χ4n) is 4.38. The van der Waals surface area contributed by atoms with E-state index in [0.29, 0.717) is 0 Å². The van der Waals surface area contributed by atoms with Crippen molar-refractivity contribution in [3.8, 4) is 11.1 Å². The molecule has 0 spiro atoms. The number of rotatable bonds is 17. The van der Waals surface area contributed by atoms with Gasteiger partial charge < -0.3 is 40.4 Å². The van der Waals surface area contributed by atoms with Gasteiger partial charge in [-0.3, -0.25) is 9.59 Å². The van der Waals surface area contributed by atoms with E-state index in [2.05, 4.69) is 16.0 Å². The summed E-state index contributed by atoms with van der Waals surface area (Å²) in [5, 5.41) is 25.5. The Morgan fingerprint density at radius 2 is 1.36 bits per heavy atom. The van der Waals surface area contributed by atoms with Crippen molar-refractivity contribution in [1.82, 2.24) is 16.0 Å². The number of fused-ring (bicyclic) bond motifs is 3. The molecule has 0 aliphatic heterocycles. The molecule has 3 rings (SSSR count). The number of amides is 3. The molecular formula is C28H37N3O8. The Morgan fingerprint density at radius 3 is 1.95 bits per heavy atom. The first-order valence-corrected chi connectivity index (χ1v) is 13.1. The van der Waals surface area contributed by atoms with Crippen molar-refractivity contribution in [2.24, 2.45) is 0 Å². The van der Waals surface area contributed by atoms with Crippen molar-refractivity contribution in [1.29, 1.82) is 0 Å². The molecule has 0 bridgehead atoms. The average molecular weight is 544 g/mol. The summed E-state index contributed by atoms with van der Waals surface area (Å²) in [6.45, 7) is 1.09. The molecule has 0 aromatic heterocycles. The van der Waals surface area contributed by atoms with Crippen molar-refractivity contribution < 1.29 is 38.8 Å². The van der Waals surface area contributed by atoms with Crippen molar-refractivity contribution in [2.45, 2.75) is 24.8 Å². The maximum Gasteiger partial charge on any atom is 0.407 e. The Kier molecular flexibility index (Phi) is 12.7. The number of hydrogen-bond acceptors (Lipinski definition) is 8. The second kappa shape index (κ2) is 16.5. The molecule has 39 heavy (non-hydrogen) atoms. The van der Waals surface area contributed by atoms with Crippen LogP contribution in [0.5, 0.6) is 0 Å². The highest BCUT2D eigenvalue weighted by atomic mass is 16.5.